The summed E-state index contributed by atoms with van der Waals surface area (Å²) in [6.07, 6.45) is -3.71. The Bertz CT molecular complexity index is 998. The van der Waals surface area contributed by atoms with Crippen molar-refractivity contribution in [3.05, 3.63) is 63.1 Å². The molecule has 1 N–H and O–H groups in total. The molecule has 2 aromatic carbocycles. The molecule has 4 rings (SSSR count). The standard InChI is InChI=1S/C18H12BrClF3N3/c19-13-4-2-1-3-11(13)16-12-7-8-24-17(12)26(25-16)15-9-10(18(21,22)23)5-6-14(15)20/h1-6,9,24H,7-8H2. The fourth-order valence-corrected chi connectivity index (χ4v) is 3.74. The Morgan fingerprint density at radius 2 is 1.92 bits per heavy atom. The molecule has 0 unspecified atom stereocenters. The zero-order valence-electron chi connectivity index (χ0n) is 13.2. The fourth-order valence-electron chi connectivity index (χ4n) is 3.07. The SMILES string of the molecule is FC(F)(F)c1ccc(Cl)c(-n2nc(-c3ccccc3Br)c3c2NCC3)c1. The van der Waals surface area contributed by atoms with Gasteiger partial charge in [-0.05, 0) is 30.7 Å². The number of hydrogen-bond acceptors (Lipinski definition) is 2. The Hall–Kier alpha value is -1.99. The predicted molar refractivity (Wildman–Crippen MR) is 98.9 cm³/mol. The van der Waals surface area contributed by atoms with Gasteiger partial charge in [-0.3, -0.25) is 0 Å². The normalized spacial score (nSPS) is 13.6. The van der Waals surface area contributed by atoms with E-state index in [2.05, 4.69) is 26.3 Å². The van der Waals surface area contributed by atoms with E-state index in [1.165, 1.54) is 10.7 Å². The number of rotatable bonds is 2. The lowest BCUT2D eigenvalue weighted by atomic mass is 10.1. The van der Waals surface area contributed by atoms with Crippen LogP contribution in [0.2, 0.25) is 5.02 Å². The highest BCUT2D eigenvalue weighted by Crippen LogP contribution is 2.40. The van der Waals surface area contributed by atoms with Crippen molar-refractivity contribution in [1.82, 2.24) is 9.78 Å². The summed E-state index contributed by atoms with van der Waals surface area (Å²) >= 11 is 9.72. The Morgan fingerprint density at radius 3 is 2.65 bits per heavy atom. The second-order valence-corrected chi connectivity index (χ2v) is 7.17. The van der Waals surface area contributed by atoms with Gasteiger partial charge in [0.15, 0.2) is 0 Å². The van der Waals surface area contributed by atoms with Crippen LogP contribution in [0.3, 0.4) is 0 Å². The first-order chi connectivity index (χ1) is 12.4. The van der Waals surface area contributed by atoms with E-state index in [0.717, 1.165) is 39.8 Å². The molecular weight excluding hydrogens is 431 g/mol. The van der Waals surface area contributed by atoms with E-state index in [4.69, 9.17) is 11.6 Å². The molecule has 0 aliphatic carbocycles. The smallest absolute Gasteiger partial charge is 0.369 e. The van der Waals surface area contributed by atoms with Gasteiger partial charge in [0.2, 0.25) is 0 Å². The Morgan fingerprint density at radius 1 is 1.15 bits per heavy atom. The van der Waals surface area contributed by atoms with Crippen molar-refractivity contribution in [2.45, 2.75) is 12.6 Å². The van der Waals surface area contributed by atoms with Crippen LogP contribution in [0, 0.1) is 0 Å². The van der Waals surface area contributed by atoms with Gasteiger partial charge >= 0.3 is 6.18 Å². The molecule has 8 heteroatoms. The summed E-state index contributed by atoms with van der Waals surface area (Å²) in [7, 11) is 0. The second kappa shape index (κ2) is 6.32. The van der Waals surface area contributed by atoms with Crippen molar-refractivity contribution in [1.29, 1.82) is 0 Å². The van der Waals surface area contributed by atoms with Crippen molar-refractivity contribution in [2.24, 2.45) is 0 Å². The van der Waals surface area contributed by atoms with Crippen LogP contribution < -0.4 is 5.32 Å². The fraction of sp³-hybridized carbons (Fsp3) is 0.167. The van der Waals surface area contributed by atoms with E-state index in [-0.39, 0.29) is 10.7 Å². The third kappa shape index (κ3) is 2.89. The zero-order chi connectivity index (χ0) is 18.5. The highest BCUT2D eigenvalue weighted by Gasteiger charge is 2.32. The van der Waals surface area contributed by atoms with Gasteiger partial charge in [0, 0.05) is 22.1 Å². The average molecular weight is 443 g/mol. The molecule has 3 aromatic rings. The molecule has 0 saturated carbocycles. The molecule has 0 atom stereocenters. The minimum absolute atomic E-state index is 0.199. The van der Waals surface area contributed by atoms with Crippen LogP contribution in [0.15, 0.2) is 46.9 Å². The number of nitrogens with one attached hydrogen (secondary N) is 1. The lowest BCUT2D eigenvalue weighted by molar-refractivity contribution is -0.137. The molecule has 0 amide bonds. The van der Waals surface area contributed by atoms with Crippen molar-refractivity contribution >= 4 is 33.3 Å². The Kier molecular flexibility index (Phi) is 4.23. The quantitative estimate of drug-likeness (QED) is 0.532. The molecule has 0 bridgehead atoms. The largest absolute Gasteiger partial charge is 0.416 e. The average Bonchev–Trinajstić information content (AvgIpc) is 3.18. The lowest BCUT2D eigenvalue weighted by Crippen LogP contribution is -2.09. The number of halogens is 5. The number of nitrogens with zero attached hydrogens (tertiary/aromatic N) is 2. The van der Waals surface area contributed by atoms with Crippen LogP contribution in [0.25, 0.3) is 16.9 Å². The van der Waals surface area contributed by atoms with Gasteiger partial charge in [-0.15, -0.1) is 0 Å². The molecule has 1 aliphatic heterocycles. The van der Waals surface area contributed by atoms with Crippen LogP contribution in [0.1, 0.15) is 11.1 Å². The molecule has 1 aliphatic rings. The lowest BCUT2D eigenvalue weighted by Gasteiger charge is -2.12. The van der Waals surface area contributed by atoms with Crippen LogP contribution in [-0.4, -0.2) is 16.3 Å². The van der Waals surface area contributed by atoms with Gasteiger partial charge in [0.05, 0.1) is 22.0 Å². The number of anilines is 1. The van der Waals surface area contributed by atoms with E-state index in [1.807, 2.05) is 24.3 Å². The van der Waals surface area contributed by atoms with E-state index in [0.29, 0.717) is 12.4 Å². The Balaban J connectivity index is 1.93. The van der Waals surface area contributed by atoms with Gasteiger partial charge < -0.3 is 5.32 Å². The van der Waals surface area contributed by atoms with Crippen LogP contribution in [0.5, 0.6) is 0 Å². The van der Waals surface area contributed by atoms with Gasteiger partial charge in [0.1, 0.15) is 5.82 Å². The first-order valence-corrected chi connectivity index (χ1v) is 9.01. The number of alkyl halides is 3. The summed E-state index contributed by atoms with van der Waals surface area (Å²) in [5.41, 5.74) is 2.01. The molecule has 0 saturated heterocycles. The molecule has 134 valence electrons. The molecule has 0 spiro atoms. The predicted octanol–water partition coefficient (Wildman–Crippen LogP) is 5.94. The first-order valence-electron chi connectivity index (χ1n) is 7.84. The van der Waals surface area contributed by atoms with Crippen LogP contribution in [-0.2, 0) is 12.6 Å². The summed E-state index contributed by atoms with van der Waals surface area (Å²) in [6, 6.07) is 10.9. The summed E-state index contributed by atoms with van der Waals surface area (Å²) in [5, 5.41) is 8.00. The molecule has 26 heavy (non-hydrogen) atoms. The summed E-state index contributed by atoms with van der Waals surface area (Å²) in [4.78, 5) is 0. The molecule has 2 heterocycles. The van der Waals surface area contributed by atoms with Crippen molar-refractivity contribution in [3.8, 4) is 16.9 Å². The van der Waals surface area contributed by atoms with E-state index in [1.54, 1.807) is 0 Å². The van der Waals surface area contributed by atoms with Crippen molar-refractivity contribution in [2.75, 3.05) is 11.9 Å². The summed E-state index contributed by atoms with van der Waals surface area (Å²) in [5.74, 6) is 0.678. The molecule has 0 fully saturated rings. The number of benzene rings is 2. The highest BCUT2D eigenvalue weighted by molar-refractivity contribution is 9.10. The molecule has 0 radical (unpaired) electrons. The van der Waals surface area contributed by atoms with Gasteiger partial charge in [0.25, 0.3) is 0 Å². The maximum Gasteiger partial charge on any atom is 0.416 e. The van der Waals surface area contributed by atoms with Crippen LogP contribution in [0.4, 0.5) is 19.0 Å². The van der Waals surface area contributed by atoms with Gasteiger partial charge in [-0.1, -0.05) is 45.7 Å². The zero-order valence-corrected chi connectivity index (χ0v) is 15.6. The molecule has 3 nitrogen and oxygen atoms in total. The summed E-state index contributed by atoms with van der Waals surface area (Å²) in [6.45, 7) is 0.696. The third-order valence-corrected chi connectivity index (χ3v) is 5.29. The second-order valence-electron chi connectivity index (χ2n) is 5.91. The van der Waals surface area contributed by atoms with Crippen molar-refractivity contribution < 1.29 is 13.2 Å². The highest BCUT2D eigenvalue weighted by atomic mass is 79.9. The summed E-state index contributed by atoms with van der Waals surface area (Å²) < 4.78 is 41.7. The topological polar surface area (TPSA) is 29.9 Å². The van der Waals surface area contributed by atoms with Crippen LogP contribution >= 0.6 is 27.5 Å². The minimum Gasteiger partial charge on any atom is -0.369 e. The molecule has 1 aromatic heterocycles. The number of hydrogen-bond donors (Lipinski definition) is 1. The van der Waals surface area contributed by atoms with E-state index in [9.17, 15) is 13.2 Å². The first kappa shape index (κ1) is 17.4. The number of aromatic nitrogens is 2. The number of fused-ring (bicyclic) bond motifs is 1. The third-order valence-electron chi connectivity index (χ3n) is 4.28. The Labute approximate surface area is 160 Å². The van der Waals surface area contributed by atoms with E-state index >= 15 is 0 Å². The van der Waals surface area contributed by atoms with Crippen molar-refractivity contribution in [3.63, 3.8) is 0 Å². The van der Waals surface area contributed by atoms with Gasteiger partial charge in [-0.25, -0.2) is 4.68 Å². The molecular formula is C18H12BrClF3N3. The van der Waals surface area contributed by atoms with E-state index < -0.39 is 11.7 Å². The van der Waals surface area contributed by atoms with Gasteiger partial charge in [-0.2, -0.15) is 18.3 Å². The maximum absolute atomic E-state index is 13.1. The maximum atomic E-state index is 13.1. The minimum atomic E-state index is -4.45. The monoisotopic (exact) mass is 441 g/mol.